The van der Waals surface area contributed by atoms with E-state index in [4.69, 9.17) is 0 Å². The minimum absolute atomic E-state index is 0.187. The van der Waals surface area contributed by atoms with Gasteiger partial charge in [0.2, 0.25) is 5.91 Å². The summed E-state index contributed by atoms with van der Waals surface area (Å²) in [4.78, 5) is 16.4. The second-order valence-corrected chi connectivity index (χ2v) is 5.20. The van der Waals surface area contributed by atoms with Crippen LogP contribution in [-0.4, -0.2) is 74.6 Å². The van der Waals surface area contributed by atoms with Crippen molar-refractivity contribution in [1.29, 1.82) is 0 Å². The van der Waals surface area contributed by atoms with Gasteiger partial charge in [0.25, 0.3) is 0 Å². The van der Waals surface area contributed by atoms with Crippen molar-refractivity contribution in [3.8, 4) is 0 Å². The average Bonchev–Trinajstić information content (AvgIpc) is 2.53. The van der Waals surface area contributed by atoms with Crippen LogP contribution in [0, 0.1) is 0 Å². The largest absolute Gasteiger partial charge is 0.351 e. The Bertz CT molecular complexity index is 251. The van der Waals surface area contributed by atoms with Gasteiger partial charge in [-0.3, -0.25) is 9.69 Å². The van der Waals surface area contributed by atoms with Gasteiger partial charge in [0, 0.05) is 25.7 Å². The van der Waals surface area contributed by atoms with Gasteiger partial charge in [0.05, 0.1) is 6.54 Å². The minimum Gasteiger partial charge on any atom is -0.351 e. The van der Waals surface area contributed by atoms with E-state index in [-0.39, 0.29) is 5.91 Å². The number of nitrogens with one attached hydrogen (secondary N) is 2. The Morgan fingerprint density at radius 1 is 1.35 bits per heavy atom. The molecule has 0 aromatic heterocycles. The monoisotopic (exact) mass is 240 g/mol. The maximum Gasteiger partial charge on any atom is 0.234 e. The summed E-state index contributed by atoms with van der Waals surface area (Å²) in [6.07, 6.45) is 2.23. The molecular formula is C12H24N4O. The van der Waals surface area contributed by atoms with Crippen LogP contribution in [0.25, 0.3) is 0 Å². The van der Waals surface area contributed by atoms with Gasteiger partial charge in [0.1, 0.15) is 0 Å². The molecule has 0 saturated carbocycles. The van der Waals surface area contributed by atoms with E-state index in [0.717, 1.165) is 52.1 Å². The Labute approximate surface area is 104 Å². The molecule has 2 N–H and O–H groups in total. The standard InChI is InChI=1S/C12H24N4O/c1-15-7-3-11(9-15)14-12(17)10-16-6-2-4-13-5-8-16/h11,13H,2-10H2,1H3,(H,14,17). The van der Waals surface area contributed by atoms with Crippen LogP contribution in [0.3, 0.4) is 0 Å². The van der Waals surface area contributed by atoms with Gasteiger partial charge in [-0.15, -0.1) is 0 Å². The topological polar surface area (TPSA) is 47.6 Å². The molecule has 5 heteroatoms. The molecule has 5 nitrogen and oxygen atoms in total. The summed E-state index contributed by atoms with van der Waals surface area (Å²) in [5.74, 6) is 0.187. The lowest BCUT2D eigenvalue weighted by Gasteiger charge is -2.20. The first-order valence-corrected chi connectivity index (χ1v) is 6.65. The van der Waals surface area contributed by atoms with Gasteiger partial charge in [-0.25, -0.2) is 0 Å². The van der Waals surface area contributed by atoms with Crippen LogP contribution in [0.1, 0.15) is 12.8 Å². The number of nitrogens with zero attached hydrogens (tertiary/aromatic N) is 2. The molecule has 2 rings (SSSR count). The van der Waals surface area contributed by atoms with Crippen LogP contribution in [0.5, 0.6) is 0 Å². The molecule has 98 valence electrons. The van der Waals surface area contributed by atoms with E-state index >= 15 is 0 Å². The molecule has 1 atom stereocenters. The van der Waals surface area contributed by atoms with Gasteiger partial charge >= 0.3 is 0 Å². The summed E-state index contributed by atoms with van der Waals surface area (Å²) >= 11 is 0. The molecule has 0 aromatic carbocycles. The Kier molecular flexibility index (Phi) is 4.76. The molecule has 0 spiro atoms. The average molecular weight is 240 g/mol. The Hall–Kier alpha value is -0.650. The van der Waals surface area contributed by atoms with E-state index in [9.17, 15) is 4.79 Å². The smallest absolute Gasteiger partial charge is 0.234 e. The predicted molar refractivity (Wildman–Crippen MR) is 68.0 cm³/mol. The number of likely N-dealkylation sites (N-methyl/N-ethyl adjacent to an activating group) is 1. The first-order valence-electron chi connectivity index (χ1n) is 6.65. The number of amides is 1. The molecule has 0 radical (unpaired) electrons. The Morgan fingerprint density at radius 2 is 2.24 bits per heavy atom. The summed E-state index contributed by atoms with van der Waals surface area (Å²) in [5.41, 5.74) is 0. The SMILES string of the molecule is CN1CCC(NC(=O)CN2CCCNCC2)C1. The van der Waals surface area contributed by atoms with Crippen molar-refractivity contribution < 1.29 is 4.79 Å². The van der Waals surface area contributed by atoms with E-state index in [1.807, 2.05) is 0 Å². The number of hydrogen-bond acceptors (Lipinski definition) is 4. The van der Waals surface area contributed by atoms with Gasteiger partial charge in [-0.05, 0) is 39.5 Å². The van der Waals surface area contributed by atoms with Crippen LogP contribution in [0.2, 0.25) is 0 Å². The van der Waals surface area contributed by atoms with E-state index in [0.29, 0.717) is 12.6 Å². The molecule has 2 aliphatic heterocycles. The summed E-state index contributed by atoms with van der Waals surface area (Å²) in [6, 6.07) is 0.359. The highest BCUT2D eigenvalue weighted by Gasteiger charge is 2.21. The zero-order chi connectivity index (χ0) is 12.1. The van der Waals surface area contributed by atoms with Crippen molar-refractivity contribution in [3.05, 3.63) is 0 Å². The molecular weight excluding hydrogens is 216 g/mol. The van der Waals surface area contributed by atoms with Crippen molar-refractivity contribution in [2.75, 3.05) is 52.9 Å². The Balaban J connectivity index is 1.69. The molecule has 2 fully saturated rings. The van der Waals surface area contributed by atoms with E-state index in [1.165, 1.54) is 0 Å². The maximum atomic E-state index is 11.9. The van der Waals surface area contributed by atoms with Crippen LogP contribution < -0.4 is 10.6 Å². The molecule has 0 bridgehead atoms. The molecule has 1 amide bonds. The number of carbonyl (C=O) groups is 1. The highest BCUT2D eigenvalue weighted by molar-refractivity contribution is 5.78. The quantitative estimate of drug-likeness (QED) is 0.671. The number of carbonyl (C=O) groups excluding carboxylic acids is 1. The van der Waals surface area contributed by atoms with Crippen LogP contribution in [-0.2, 0) is 4.79 Å². The van der Waals surface area contributed by atoms with Crippen molar-refractivity contribution >= 4 is 5.91 Å². The molecule has 1 unspecified atom stereocenters. The molecule has 2 heterocycles. The second kappa shape index (κ2) is 6.33. The first-order chi connectivity index (χ1) is 8.24. The third-order valence-corrected chi connectivity index (χ3v) is 3.56. The Morgan fingerprint density at radius 3 is 3.00 bits per heavy atom. The maximum absolute atomic E-state index is 11.9. The number of rotatable bonds is 3. The van der Waals surface area contributed by atoms with Crippen molar-refractivity contribution in [1.82, 2.24) is 20.4 Å². The molecule has 2 saturated heterocycles. The lowest BCUT2D eigenvalue weighted by molar-refractivity contribution is -0.122. The molecule has 17 heavy (non-hydrogen) atoms. The third kappa shape index (κ3) is 4.26. The molecule has 0 aromatic rings. The van der Waals surface area contributed by atoms with Crippen molar-refractivity contribution in [3.63, 3.8) is 0 Å². The van der Waals surface area contributed by atoms with Gasteiger partial charge in [-0.2, -0.15) is 0 Å². The highest BCUT2D eigenvalue weighted by atomic mass is 16.2. The fraction of sp³-hybridized carbons (Fsp3) is 0.917. The number of hydrogen-bond donors (Lipinski definition) is 2. The zero-order valence-corrected chi connectivity index (χ0v) is 10.7. The fourth-order valence-electron chi connectivity index (χ4n) is 2.59. The fourth-order valence-corrected chi connectivity index (χ4v) is 2.59. The predicted octanol–water partition coefficient (Wildman–Crippen LogP) is -0.898. The third-order valence-electron chi connectivity index (χ3n) is 3.56. The van der Waals surface area contributed by atoms with E-state index in [2.05, 4.69) is 27.5 Å². The zero-order valence-electron chi connectivity index (χ0n) is 10.7. The van der Waals surface area contributed by atoms with Crippen molar-refractivity contribution in [2.24, 2.45) is 0 Å². The van der Waals surface area contributed by atoms with Gasteiger partial charge in [0.15, 0.2) is 0 Å². The number of likely N-dealkylation sites (tertiary alicyclic amines) is 1. The summed E-state index contributed by atoms with van der Waals surface area (Å²) in [6.45, 7) is 6.74. The molecule has 2 aliphatic rings. The lowest BCUT2D eigenvalue weighted by atomic mass is 10.2. The normalized spacial score (nSPS) is 27.9. The van der Waals surface area contributed by atoms with E-state index in [1.54, 1.807) is 0 Å². The van der Waals surface area contributed by atoms with E-state index < -0.39 is 0 Å². The second-order valence-electron chi connectivity index (χ2n) is 5.20. The van der Waals surface area contributed by atoms with Crippen LogP contribution in [0.15, 0.2) is 0 Å². The van der Waals surface area contributed by atoms with Crippen molar-refractivity contribution in [2.45, 2.75) is 18.9 Å². The summed E-state index contributed by atoms with van der Waals surface area (Å²) < 4.78 is 0. The van der Waals surface area contributed by atoms with Crippen LogP contribution in [0.4, 0.5) is 0 Å². The lowest BCUT2D eigenvalue weighted by Crippen LogP contribution is -2.43. The van der Waals surface area contributed by atoms with Gasteiger partial charge in [-0.1, -0.05) is 0 Å². The van der Waals surface area contributed by atoms with Crippen LogP contribution >= 0.6 is 0 Å². The van der Waals surface area contributed by atoms with Gasteiger partial charge < -0.3 is 15.5 Å². The minimum atomic E-state index is 0.187. The summed E-state index contributed by atoms with van der Waals surface area (Å²) in [7, 11) is 2.10. The first kappa shape index (κ1) is 12.8. The summed E-state index contributed by atoms with van der Waals surface area (Å²) in [5, 5.41) is 6.48. The highest BCUT2D eigenvalue weighted by Crippen LogP contribution is 2.06. The molecule has 0 aliphatic carbocycles.